The number of fused-ring (bicyclic) bond motifs is 1. The van der Waals surface area contributed by atoms with Gasteiger partial charge in [-0.1, -0.05) is 17.7 Å². The first kappa shape index (κ1) is 13.9. The number of aromatic nitrogens is 2. The first-order valence-corrected chi connectivity index (χ1v) is 6.98. The molecule has 0 radical (unpaired) electrons. The number of hydrogen-bond acceptors (Lipinski definition) is 2. The minimum Gasteiger partial charge on any atom is -0.291 e. The van der Waals surface area contributed by atoms with Crippen molar-refractivity contribution in [2.45, 2.75) is 5.88 Å². The summed E-state index contributed by atoms with van der Waals surface area (Å²) in [5, 5.41) is 9.28. The molecule has 0 amide bonds. The maximum atomic E-state index is 14.3. The van der Waals surface area contributed by atoms with Crippen molar-refractivity contribution in [1.82, 2.24) is 9.55 Å². The smallest absolute Gasteiger partial charge is 0.148 e. The van der Waals surface area contributed by atoms with Gasteiger partial charge in [-0.15, -0.1) is 11.6 Å². The molecule has 0 N–H and O–H groups in total. The summed E-state index contributed by atoms with van der Waals surface area (Å²) >= 11 is 12.1. The van der Waals surface area contributed by atoms with Gasteiger partial charge in [0.2, 0.25) is 0 Å². The van der Waals surface area contributed by atoms with Crippen LogP contribution in [0, 0.1) is 17.1 Å². The van der Waals surface area contributed by atoms with Crippen molar-refractivity contribution in [3.8, 4) is 11.8 Å². The molecule has 3 aromatic rings. The molecule has 0 aliphatic heterocycles. The molecular weight excluding hydrogens is 312 g/mol. The molecule has 1 aromatic heterocycles. The van der Waals surface area contributed by atoms with Gasteiger partial charge in [-0.25, -0.2) is 9.37 Å². The Morgan fingerprint density at radius 3 is 2.76 bits per heavy atom. The standard InChI is InChI=1S/C15H8Cl2FN3/c16-7-14-20-12-3-1-2-10(17)15(12)21(14)13-5-4-9(8-19)6-11(13)18/h1-6H,7H2. The second kappa shape index (κ2) is 5.36. The van der Waals surface area contributed by atoms with E-state index in [1.165, 1.54) is 12.1 Å². The zero-order chi connectivity index (χ0) is 15.0. The molecule has 0 spiro atoms. The van der Waals surface area contributed by atoms with E-state index >= 15 is 0 Å². The first-order chi connectivity index (χ1) is 10.2. The van der Waals surface area contributed by atoms with E-state index in [1.54, 1.807) is 28.8 Å². The van der Waals surface area contributed by atoms with E-state index in [9.17, 15) is 4.39 Å². The summed E-state index contributed by atoms with van der Waals surface area (Å²) in [6.45, 7) is 0. The quantitative estimate of drug-likeness (QED) is 0.656. The van der Waals surface area contributed by atoms with E-state index in [2.05, 4.69) is 4.98 Å². The zero-order valence-corrected chi connectivity index (χ0v) is 12.2. The highest BCUT2D eigenvalue weighted by atomic mass is 35.5. The minimum atomic E-state index is -0.528. The van der Waals surface area contributed by atoms with Crippen molar-refractivity contribution in [3.63, 3.8) is 0 Å². The van der Waals surface area contributed by atoms with E-state index in [4.69, 9.17) is 28.5 Å². The lowest BCUT2D eigenvalue weighted by atomic mass is 10.2. The number of alkyl halides is 1. The van der Waals surface area contributed by atoms with Gasteiger partial charge in [0.15, 0.2) is 0 Å². The highest BCUT2D eigenvalue weighted by Crippen LogP contribution is 2.29. The number of hydrogen-bond donors (Lipinski definition) is 0. The highest BCUT2D eigenvalue weighted by molar-refractivity contribution is 6.35. The topological polar surface area (TPSA) is 41.6 Å². The van der Waals surface area contributed by atoms with Gasteiger partial charge in [0.1, 0.15) is 11.6 Å². The molecule has 0 bridgehead atoms. The van der Waals surface area contributed by atoms with Crippen LogP contribution in [0.4, 0.5) is 4.39 Å². The number of rotatable bonds is 2. The van der Waals surface area contributed by atoms with Gasteiger partial charge in [0, 0.05) is 0 Å². The second-order valence-electron chi connectivity index (χ2n) is 4.38. The van der Waals surface area contributed by atoms with Gasteiger partial charge in [-0.05, 0) is 30.3 Å². The fourth-order valence-electron chi connectivity index (χ4n) is 2.24. The summed E-state index contributed by atoms with van der Waals surface area (Å²) in [5.41, 5.74) is 1.75. The van der Waals surface area contributed by atoms with Crippen LogP contribution in [0.2, 0.25) is 5.02 Å². The third kappa shape index (κ3) is 2.25. The van der Waals surface area contributed by atoms with Crippen LogP contribution in [0.5, 0.6) is 0 Å². The largest absolute Gasteiger partial charge is 0.291 e. The molecule has 3 rings (SSSR count). The third-order valence-electron chi connectivity index (χ3n) is 3.13. The molecule has 0 saturated carbocycles. The number of halogens is 3. The van der Waals surface area contributed by atoms with Crippen LogP contribution in [0.15, 0.2) is 36.4 Å². The van der Waals surface area contributed by atoms with Crippen molar-refractivity contribution in [2.75, 3.05) is 0 Å². The van der Waals surface area contributed by atoms with E-state index in [1.807, 2.05) is 6.07 Å². The molecule has 21 heavy (non-hydrogen) atoms. The van der Waals surface area contributed by atoms with Crippen LogP contribution in [0.1, 0.15) is 11.4 Å². The summed E-state index contributed by atoms with van der Waals surface area (Å²) in [6, 6.07) is 11.4. The SMILES string of the molecule is N#Cc1ccc(-n2c(CCl)nc3cccc(Cl)c32)c(F)c1. The van der Waals surface area contributed by atoms with Crippen LogP contribution in [-0.4, -0.2) is 9.55 Å². The molecule has 0 fully saturated rings. The number of imidazole rings is 1. The van der Waals surface area contributed by atoms with Gasteiger partial charge in [0.25, 0.3) is 0 Å². The van der Waals surface area contributed by atoms with Crippen molar-refractivity contribution >= 4 is 34.2 Å². The van der Waals surface area contributed by atoms with Crippen molar-refractivity contribution in [3.05, 3.63) is 58.6 Å². The predicted molar refractivity (Wildman–Crippen MR) is 80.3 cm³/mol. The van der Waals surface area contributed by atoms with Crippen molar-refractivity contribution in [2.24, 2.45) is 0 Å². The molecular formula is C15H8Cl2FN3. The molecule has 0 aliphatic carbocycles. The Labute approximate surface area is 130 Å². The predicted octanol–water partition coefficient (Wildman–Crippen LogP) is 4.43. The van der Waals surface area contributed by atoms with E-state index in [0.717, 1.165) is 0 Å². The first-order valence-electron chi connectivity index (χ1n) is 6.07. The van der Waals surface area contributed by atoms with Gasteiger partial charge in [0.05, 0.1) is 39.3 Å². The molecule has 3 nitrogen and oxygen atoms in total. The lowest BCUT2D eigenvalue weighted by molar-refractivity contribution is 0.617. The number of benzene rings is 2. The van der Waals surface area contributed by atoms with Crippen LogP contribution in [-0.2, 0) is 5.88 Å². The van der Waals surface area contributed by atoms with Crippen LogP contribution >= 0.6 is 23.2 Å². The maximum absolute atomic E-state index is 14.3. The lowest BCUT2D eigenvalue weighted by Crippen LogP contribution is -2.02. The maximum Gasteiger partial charge on any atom is 0.148 e. The fourth-order valence-corrected chi connectivity index (χ4v) is 2.67. The molecule has 0 unspecified atom stereocenters. The molecule has 6 heteroatoms. The third-order valence-corrected chi connectivity index (χ3v) is 3.68. The Morgan fingerprint density at radius 2 is 2.10 bits per heavy atom. The Hall–Kier alpha value is -2.09. The van der Waals surface area contributed by atoms with E-state index in [-0.39, 0.29) is 17.1 Å². The summed E-state index contributed by atoms with van der Waals surface area (Å²) in [6.07, 6.45) is 0. The van der Waals surface area contributed by atoms with Crippen LogP contribution in [0.3, 0.4) is 0 Å². The number of nitriles is 1. The Balaban J connectivity index is 2.36. The minimum absolute atomic E-state index is 0.116. The number of nitrogens with zero attached hydrogens (tertiary/aromatic N) is 3. The second-order valence-corrected chi connectivity index (χ2v) is 5.06. The molecule has 0 aliphatic rings. The summed E-state index contributed by atoms with van der Waals surface area (Å²) in [7, 11) is 0. The van der Waals surface area contributed by atoms with Crippen LogP contribution < -0.4 is 0 Å². The normalized spacial score (nSPS) is 10.8. The van der Waals surface area contributed by atoms with Gasteiger partial charge >= 0.3 is 0 Å². The van der Waals surface area contributed by atoms with Gasteiger partial charge < -0.3 is 0 Å². The molecule has 104 valence electrons. The van der Waals surface area contributed by atoms with Crippen LogP contribution in [0.25, 0.3) is 16.7 Å². The Bertz CT molecular complexity index is 880. The summed E-state index contributed by atoms with van der Waals surface area (Å²) < 4.78 is 15.9. The van der Waals surface area contributed by atoms with E-state index < -0.39 is 5.82 Å². The average molecular weight is 320 g/mol. The fraction of sp³-hybridized carbons (Fsp3) is 0.0667. The Kier molecular flexibility index (Phi) is 3.54. The summed E-state index contributed by atoms with van der Waals surface area (Å²) in [5.74, 6) is 0.0766. The van der Waals surface area contributed by atoms with Crippen molar-refractivity contribution in [1.29, 1.82) is 5.26 Å². The molecule has 1 heterocycles. The molecule has 2 aromatic carbocycles. The van der Waals surface area contributed by atoms with Gasteiger partial charge in [-0.3, -0.25) is 4.57 Å². The van der Waals surface area contributed by atoms with Crippen molar-refractivity contribution < 1.29 is 4.39 Å². The van der Waals surface area contributed by atoms with E-state index in [0.29, 0.717) is 21.9 Å². The number of para-hydroxylation sites is 1. The molecule has 0 saturated heterocycles. The zero-order valence-electron chi connectivity index (χ0n) is 10.6. The monoisotopic (exact) mass is 319 g/mol. The van der Waals surface area contributed by atoms with Gasteiger partial charge in [-0.2, -0.15) is 5.26 Å². The lowest BCUT2D eigenvalue weighted by Gasteiger charge is -2.10. The average Bonchev–Trinajstić information content (AvgIpc) is 2.87. The highest BCUT2D eigenvalue weighted by Gasteiger charge is 2.17. The summed E-state index contributed by atoms with van der Waals surface area (Å²) in [4.78, 5) is 4.37. The molecule has 0 atom stereocenters. The Morgan fingerprint density at radius 1 is 1.29 bits per heavy atom.